The highest BCUT2D eigenvalue weighted by Crippen LogP contribution is 2.33. The minimum atomic E-state index is -0.00569. The number of hydrogen-bond donors (Lipinski definition) is 2. The summed E-state index contributed by atoms with van der Waals surface area (Å²) in [7, 11) is 4.16. The third kappa shape index (κ3) is 3.44. The fourth-order valence-corrected chi connectivity index (χ4v) is 2.50. The van der Waals surface area contributed by atoms with Crippen molar-refractivity contribution in [3.05, 3.63) is 0 Å². The summed E-state index contributed by atoms with van der Waals surface area (Å²) in [6.07, 6.45) is 4.94. The lowest BCUT2D eigenvalue weighted by atomic mass is 9.74. The van der Waals surface area contributed by atoms with Gasteiger partial charge in [-0.15, -0.1) is 0 Å². The summed E-state index contributed by atoms with van der Waals surface area (Å²) < 4.78 is 0. The molecule has 0 aromatic carbocycles. The maximum Gasteiger partial charge on any atom is 0.0615 e. The van der Waals surface area contributed by atoms with E-state index in [9.17, 15) is 5.11 Å². The van der Waals surface area contributed by atoms with E-state index in [1.165, 1.54) is 19.3 Å². The van der Waals surface area contributed by atoms with Gasteiger partial charge in [0.2, 0.25) is 0 Å². The lowest BCUT2D eigenvalue weighted by Crippen LogP contribution is -2.56. The number of rotatable bonds is 5. The van der Waals surface area contributed by atoms with Crippen LogP contribution in [0.1, 0.15) is 32.6 Å². The van der Waals surface area contributed by atoms with Crippen LogP contribution in [-0.2, 0) is 0 Å². The van der Waals surface area contributed by atoms with Crippen molar-refractivity contribution in [1.29, 1.82) is 0 Å². The van der Waals surface area contributed by atoms with E-state index in [0.29, 0.717) is 5.92 Å². The van der Waals surface area contributed by atoms with Gasteiger partial charge in [0, 0.05) is 18.6 Å². The zero-order valence-corrected chi connectivity index (χ0v) is 10.4. The van der Waals surface area contributed by atoms with Gasteiger partial charge in [-0.25, -0.2) is 0 Å². The lowest BCUT2D eigenvalue weighted by molar-refractivity contribution is 0.0733. The molecule has 0 bridgehead atoms. The topological polar surface area (TPSA) is 35.5 Å². The van der Waals surface area contributed by atoms with Crippen molar-refractivity contribution in [2.75, 3.05) is 33.8 Å². The van der Waals surface area contributed by atoms with Crippen LogP contribution in [-0.4, -0.2) is 49.3 Å². The highest BCUT2D eigenvalue weighted by Gasteiger charge is 2.36. The first-order chi connectivity index (χ1) is 7.10. The largest absolute Gasteiger partial charge is 0.394 e. The van der Waals surface area contributed by atoms with Gasteiger partial charge in [0.1, 0.15) is 0 Å². The Balaban J connectivity index is 2.43. The molecule has 0 spiro atoms. The molecular weight excluding hydrogens is 188 g/mol. The van der Waals surface area contributed by atoms with Gasteiger partial charge in [-0.1, -0.05) is 19.8 Å². The van der Waals surface area contributed by atoms with E-state index in [0.717, 1.165) is 19.5 Å². The maximum absolute atomic E-state index is 9.60. The van der Waals surface area contributed by atoms with E-state index in [1.807, 2.05) is 0 Å². The van der Waals surface area contributed by atoms with Gasteiger partial charge in [-0.3, -0.25) is 0 Å². The molecule has 1 rings (SSSR count). The molecule has 1 aliphatic carbocycles. The number of likely N-dealkylation sites (N-methyl/N-ethyl adjacent to an activating group) is 1. The van der Waals surface area contributed by atoms with Crippen LogP contribution in [0.3, 0.4) is 0 Å². The Morgan fingerprint density at radius 3 is 2.67 bits per heavy atom. The molecule has 0 aromatic heterocycles. The monoisotopic (exact) mass is 214 g/mol. The van der Waals surface area contributed by atoms with Crippen molar-refractivity contribution in [1.82, 2.24) is 10.2 Å². The third-order valence-electron chi connectivity index (χ3n) is 3.77. The highest BCUT2D eigenvalue weighted by molar-refractivity contribution is 4.95. The average Bonchev–Trinajstić information content (AvgIpc) is 2.21. The Morgan fingerprint density at radius 2 is 2.13 bits per heavy atom. The first-order valence-corrected chi connectivity index (χ1v) is 6.11. The highest BCUT2D eigenvalue weighted by atomic mass is 16.3. The molecular formula is C12H26N2O. The van der Waals surface area contributed by atoms with Crippen LogP contribution in [0.5, 0.6) is 0 Å². The van der Waals surface area contributed by atoms with E-state index >= 15 is 0 Å². The number of nitrogens with one attached hydrogen (secondary N) is 1. The Bertz CT molecular complexity index is 184. The van der Waals surface area contributed by atoms with Gasteiger partial charge in [0.15, 0.2) is 0 Å². The minimum Gasteiger partial charge on any atom is -0.394 e. The van der Waals surface area contributed by atoms with Gasteiger partial charge in [-0.05, 0) is 32.9 Å². The molecule has 0 aromatic rings. The molecule has 0 saturated heterocycles. The fourth-order valence-electron chi connectivity index (χ4n) is 2.50. The lowest BCUT2D eigenvalue weighted by Gasteiger charge is -2.42. The van der Waals surface area contributed by atoms with Gasteiger partial charge in [0.25, 0.3) is 0 Å². The van der Waals surface area contributed by atoms with Gasteiger partial charge in [0.05, 0.1) is 6.61 Å². The van der Waals surface area contributed by atoms with Crippen molar-refractivity contribution in [2.45, 2.75) is 38.1 Å². The first-order valence-electron chi connectivity index (χ1n) is 6.11. The smallest absolute Gasteiger partial charge is 0.0615 e. The summed E-state index contributed by atoms with van der Waals surface area (Å²) in [5.41, 5.74) is -0.00569. The van der Waals surface area contributed by atoms with E-state index < -0.39 is 0 Å². The zero-order valence-electron chi connectivity index (χ0n) is 10.4. The molecule has 0 aliphatic heterocycles. The summed E-state index contributed by atoms with van der Waals surface area (Å²) >= 11 is 0. The SMILES string of the molecule is CC1CCCCC1(CO)NCCN(C)C. The van der Waals surface area contributed by atoms with Gasteiger partial charge < -0.3 is 15.3 Å². The maximum atomic E-state index is 9.60. The molecule has 0 radical (unpaired) electrons. The summed E-state index contributed by atoms with van der Waals surface area (Å²) in [5, 5.41) is 13.2. The van der Waals surface area contributed by atoms with Crippen molar-refractivity contribution in [3.8, 4) is 0 Å². The molecule has 3 heteroatoms. The van der Waals surface area contributed by atoms with Crippen molar-refractivity contribution < 1.29 is 5.11 Å². The van der Waals surface area contributed by atoms with Crippen molar-refractivity contribution >= 4 is 0 Å². The second-order valence-corrected chi connectivity index (χ2v) is 5.19. The first kappa shape index (κ1) is 12.9. The second kappa shape index (κ2) is 5.83. The van der Waals surface area contributed by atoms with E-state index in [1.54, 1.807) is 0 Å². The van der Waals surface area contributed by atoms with Crippen LogP contribution in [0, 0.1) is 5.92 Å². The molecule has 90 valence electrons. The Kier molecular flexibility index (Phi) is 5.03. The van der Waals surface area contributed by atoms with E-state index in [2.05, 4.69) is 31.2 Å². The fraction of sp³-hybridized carbons (Fsp3) is 1.00. The Hall–Kier alpha value is -0.120. The molecule has 2 N–H and O–H groups in total. The molecule has 2 unspecified atom stereocenters. The summed E-state index contributed by atoms with van der Waals surface area (Å²) in [6.45, 7) is 4.55. The van der Waals surface area contributed by atoms with E-state index in [-0.39, 0.29) is 12.1 Å². The number of aliphatic hydroxyl groups is 1. The van der Waals surface area contributed by atoms with Crippen molar-refractivity contribution in [2.24, 2.45) is 5.92 Å². The predicted molar refractivity (Wildman–Crippen MR) is 64.0 cm³/mol. The standard InChI is InChI=1S/C12H26N2O/c1-11-6-4-5-7-12(11,10-15)13-8-9-14(2)3/h11,13,15H,4-10H2,1-3H3. The second-order valence-electron chi connectivity index (χ2n) is 5.19. The van der Waals surface area contributed by atoms with Crippen LogP contribution in [0.15, 0.2) is 0 Å². The Labute approximate surface area is 93.9 Å². The molecule has 1 aliphatic rings. The molecule has 15 heavy (non-hydrogen) atoms. The number of hydrogen-bond acceptors (Lipinski definition) is 3. The van der Waals surface area contributed by atoms with Gasteiger partial charge >= 0.3 is 0 Å². The summed E-state index contributed by atoms with van der Waals surface area (Å²) in [5.74, 6) is 0.596. The summed E-state index contributed by atoms with van der Waals surface area (Å²) in [4.78, 5) is 2.17. The molecule has 3 nitrogen and oxygen atoms in total. The van der Waals surface area contributed by atoms with E-state index in [4.69, 9.17) is 0 Å². The zero-order chi connectivity index (χ0) is 11.3. The predicted octanol–water partition coefficient (Wildman–Crippen LogP) is 1.08. The third-order valence-corrected chi connectivity index (χ3v) is 3.77. The van der Waals surface area contributed by atoms with Crippen LogP contribution in [0.4, 0.5) is 0 Å². The molecule has 2 atom stereocenters. The molecule has 0 amide bonds. The molecule has 0 heterocycles. The van der Waals surface area contributed by atoms with Crippen LogP contribution in [0.2, 0.25) is 0 Å². The van der Waals surface area contributed by atoms with Crippen LogP contribution < -0.4 is 5.32 Å². The molecule has 1 saturated carbocycles. The van der Waals surface area contributed by atoms with Crippen molar-refractivity contribution in [3.63, 3.8) is 0 Å². The molecule has 1 fully saturated rings. The normalized spacial score (nSPS) is 32.2. The summed E-state index contributed by atoms with van der Waals surface area (Å²) in [6, 6.07) is 0. The minimum absolute atomic E-state index is 0.00569. The number of aliphatic hydroxyl groups excluding tert-OH is 1. The van der Waals surface area contributed by atoms with Gasteiger partial charge in [-0.2, -0.15) is 0 Å². The quantitative estimate of drug-likeness (QED) is 0.719. The van der Waals surface area contributed by atoms with Crippen LogP contribution in [0.25, 0.3) is 0 Å². The van der Waals surface area contributed by atoms with Crippen LogP contribution >= 0.6 is 0 Å². The Morgan fingerprint density at radius 1 is 1.40 bits per heavy atom. The number of nitrogens with zero attached hydrogens (tertiary/aromatic N) is 1. The average molecular weight is 214 g/mol.